The van der Waals surface area contributed by atoms with E-state index in [4.69, 9.17) is 4.74 Å². The monoisotopic (exact) mass is 335 g/mol. The lowest BCUT2D eigenvalue weighted by atomic mass is 9.92. The fourth-order valence-corrected chi connectivity index (χ4v) is 3.69. The van der Waals surface area contributed by atoms with E-state index in [1.165, 1.54) is 11.0 Å². The molecule has 0 radical (unpaired) electrons. The summed E-state index contributed by atoms with van der Waals surface area (Å²) in [4.78, 5) is 33.5. The molecule has 0 amide bonds. The third kappa shape index (κ3) is 2.86. The van der Waals surface area contributed by atoms with Crippen LogP contribution >= 0.6 is 0 Å². The van der Waals surface area contributed by atoms with Gasteiger partial charge in [0.05, 0.1) is 6.61 Å². The van der Waals surface area contributed by atoms with Gasteiger partial charge in [-0.05, 0) is 18.3 Å². The molecule has 2 aromatic heterocycles. The lowest BCUT2D eigenvalue weighted by molar-refractivity contribution is 0.188. The van der Waals surface area contributed by atoms with E-state index in [0.717, 1.165) is 19.0 Å². The van der Waals surface area contributed by atoms with E-state index in [1.807, 2.05) is 4.57 Å². The van der Waals surface area contributed by atoms with Crippen LogP contribution in [0, 0.1) is 11.8 Å². The minimum Gasteiger partial charge on any atom is -0.383 e. The average molecular weight is 335 g/mol. The van der Waals surface area contributed by atoms with E-state index in [0.29, 0.717) is 36.2 Å². The van der Waals surface area contributed by atoms with Crippen molar-refractivity contribution < 1.29 is 4.74 Å². The number of anilines is 1. The highest BCUT2D eigenvalue weighted by atomic mass is 16.5. The third-order valence-electron chi connectivity index (χ3n) is 4.66. The molecule has 0 unspecified atom stereocenters. The molecule has 3 rings (SSSR count). The van der Waals surface area contributed by atoms with Crippen LogP contribution in [0.15, 0.2) is 9.59 Å². The van der Waals surface area contributed by atoms with E-state index in [1.54, 1.807) is 14.2 Å². The fraction of sp³-hybridized carbons (Fsp3) is 0.688. The Hall–Kier alpha value is -2.09. The summed E-state index contributed by atoms with van der Waals surface area (Å²) < 4.78 is 8.46. The minimum absolute atomic E-state index is 0.402. The topological polar surface area (TPSA) is 85.2 Å². The molecular weight excluding hydrogens is 310 g/mol. The maximum atomic E-state index is 12.4. The second-order valence-electron chi connectivity index (χ2n) is 6.90. The zero-order valence-corrected chi connectivity index (χ0v) is 14.7. The van der Waals surface area contributed by atoms with Crippen molar-refractivity contribution in [3.63, 3.8) is 0 Å². The first kappa shape index (κ1) is 16.8. The standard InChI is InChI=1S/C16H25N5O3/c1-10-7-11(2)9-20(8-10)15-17-13-12(21(15)5-6-24-4)14(22)18-16(23)19(13)3/h10-11H,5-9H2,1-4H3,(H,18,22,23)/t10-,11+. The summed E-state index contributed by atoms with van der Waals surface area (Å²) in [6.45, 7) is 7.24. The first-order valence-corrected chi connectivity index (χ1v) is 8.35. The molecule has 3 heterocycles. The van der Waals surface area contributed by atoms with Gasteiger partial charge in [-0.15, -0.1) is 0 Å². The number of aromatic nitrogens is 4. The van der Waals surface area contributed by atoms with Gasteiger partial charge in [-0.2, -0.15) is 4.98 Å². The van der Waals surface area contributed by atoms with E-state index >= 15 is 0 Å². The largest absolute Gasteiger partial charge is 0.383 e. The van der Waals surface area contributed by atoms with Gasteiger partial charge in [0.1, 0.15) is 0 Å². The molecule has 1 fully saturated rings. The highest BCUT2D eigenvalue weighted by Crippen LogP contribution is 2.27. The zero-order valence-electron chi connectivity index (χ0n) is 14.7. The lowest BCUT2D eigenvalue weighted by Crippen LogP contribution is -2.40. The quantitative estimate of drug-likeness (QED) is 0.882. The second kappa shape index (κ2) is 6.43. The van der Waals surface area contributed by atoms with E-state index in [-0.39, 0.29) is 0 Å². The van der Waals surface area contributed by atoms with Crippen LogP contribution in [0.3, 0.4) is 0 Å². The van der Waals surface area contributed by atoms with Crippen LogP contribution in [0.2, 0.25) is 0 Å². The first-order valence-electron chi connectivity index (χ1n) is 8.35. The third-order valence-corrected chi connectivity index (χ3v) is 4.66. The van der Waals surface area contributed by atoms with Crippen LogP contribution < -0.4 is 16.1 Å². The molecule has 2 atom stereocenters. The maximum absolute atomic E-state index is 12.4. The highest BCUT2D eigenvalue weighted by molar-refractivity contribution is 5.74. The number of hydrogen-bond acceptors (Lipinski definition) is 5. The maximum Gasteiger partial charge on any atom is 0.329 e. The first-order chi connectivity index (χ1) is 11.4. The number of aromatic amines is 1. The van der Waals surface area contributed by atoms with Crippen LogP contribution in [-0.2, 0) is 18.3 Å². The van der Waals surface area contributed by atoms with Crippen molar-refractivity contribution in [1.29, 1.82) is 0 Å². The number of ether oxygens (including phenoxy) is 1. The van der Waals surface area contributed by atoms with Gasteiger partial charge in [0.15, 0.2) is 11.2 Å². The Bertz CT molecular complexity index is 840. The summed E-state index contributed by atoms with van der Waals surface area (Å²) in [6.07, 6.45) is 1.19. The number of fused-ring (bicyclic) bond motifs is 1. The Morgan fingerprint density at radius 2 is 1.92 bits per heavy atom. The smallest absolute Gasteiger partial charge is 0.329 e. The predicted octanol–water partition coefficient (Wildman–Crippen LogP) is 0.552. The summed E-state index contributed by atoms with van der Waals surface area (Å²) in [7, 11) is 3.25. The number of imidazole rings is 1. The van der Waals surface area contributed by atoms with Crippen LogP contribution in [0.25, 0.3) is 11.2 Å². The molecule has 0 saturated carbocycles. The van der Waals surface area contributed by atoms with Gasteiger partial charge in [0.25, 0.3) is 5.56 Å². The Morgan fingerprint density at radius 1 is 1.25 bits per heavy atom. The van der Waals surface area contributed by atoms with Gasteiger partial charge in [0.2, 0.25) is 5.95 Å². The lowest BCUT2D eigenvalue weighted by Gasteiger charge is -2.35. The molecule has 24 heavy (non-hydrogen) atoms. The SMILES string of the molecule is COCCn1c(N2C[C@H](C)C[C@H](C)C2)nc2c1c(=O)[nH]c(=O)n2C. The summed E-state index contributed by atoms with van der Waals surface area (Å²) in [6, 6.07) is 0. The summed E-state index contributed by atoms with van der Waals surface area (Å²) >= 11 is 0. The molecule has 0 aromatic carbocycles. The zero-order chi connectivity index (χ0) is 17.4. The number of nitrogens with zero attached hydrogens (tertiary/aromatic N) is 4. The summed E-state index contributed by atoms with van der Waals surface area (Å²) in [5.74, 6) is 1.87. The molecule has 0 aliphatic carbocycles. The molecular formula is C16H25N5O3. The summed E-state index contributed by atoms with van der Waals surface area (Å²) in [5, 5.41) is 0. The van der Waals surface area contributed by atoms with Gasteiger partial charge in [-0.25, -0.2) is 4.79 Å². The molecule has 8 heteroatoms. The van der Waals surface area contributed by atoms with Crippen LogP contribution in [0.1, 0.15) is 20.3 Å². The molecule has 0 spiro atoms. The number of aryl methyl sites for hydroxylation is 1. The van der Waals surface area contributed by atoms with E-state index in [9.17, 15) is 9.59 Å². The summed E-state index contributed by atoms with van der Waals surface area (Å²) in [5.41, 5.74) is -0.00681. The Kier molecular flexibility index (Phi) is 4.49. The van der Waals surface area contributed by atoms with Crippen LogP contribution in [0.5, 0.6) is 0 Å². The fourth-order valence-electron chi connectivity index (χ4n) is 3.69. The van der Waals surface area contributed by atoms with Crippen molar-refractivity contribution in [2.24, 2.45) is 18.9 Å². The van der Waals surface area contributed by atoms with Gasteiger partial charge in [-0.3, -0.25) is 14.3 Å². The van der Waals surface area contributed by atoms with Crippen molar-refractivity contribution in [3.8, 4) is 0 Å². The molecule has 1 aliphatic heterocycles. The average Bonchev–Trinajstić information content (AvgIpc) is 2.90. The number of H-pyrrole nitrogens is 1. The van der Waals surface area contributed by atoms with Crippen molar-refractivity contribution in [2.75, 3.05) is 31.7 Å². The van der Waals surface area contributed by atoms with Crippen molar-refractivity contribution in [3.05, 3.63) is 20.8 Å². The van der Waals surface area contributed by atoms with E-state index in [2.05, 4.69) is 28.7 Å². The molecule has 0 bridgehead atoms. The van der Waals surface area contributed by atoms with Gasteiger partial charge in [0, 0.05) is 33.8 Å². The van der Waals surface area contributed by atoms with Crippen LogP contribution in [-0.4, -0.2) is 45.9 Å². The molecule has 132 valence electrons. The number of rotatable bonds is 4. The normalized spacial score (nSPS) is 21.6. The Labute approximate surface area is 140 Å². The number of nitrogens with one attached hydrogen (secondary N) is 1. The van der Waals surface area contributed by atoms with Gasteiger partial charge in [-0.1, -0.05) is 13.8 Å². The number of hydrogen-bond donors (Lipinski definition) is 1. The Balaban J connectivity index is 2.19. The predicted molar refractivity (Wildman–Crippen MR) is 92.6 cm³/mol. The van der Waals surface area contributed by atoms with Crippen molar-refractivity contribution in [1.82, 2.24) is 19.1 Å². The number of methoxy groups -OCH3 is 1. The number of piperidine rings is 1. The molecule has 1 aliphatic rings. The molecule has 1 N–H and O–H groups in total. The van der Waals surface area contributed by atoms with Gasteiger partial charge >= 0.3 is 5.69 Å². The van der Waals surface area contributed by atoms with Crippen molar-refractivity contribution >= 4 is 17.1 Å². The van der Waals surface area contributed by atoms with Gasteiger partial charge < -0.3 is 14.2 Å². The van der Waals surface area contributed by atoms with Crippen LogP contribution in [0.4, 0.5) is 5.95 Å². The molecule has 2 aromatic rings. The highest BCUT2D eigenvalue weighted by Gasteiger charge is 2.27. The second-order valence-corrected chi connectivity index (χ2v) is 6.90. The van der Waals surface area contributed by atoms with Crippen molar-refractivity contribution in [2.45, 2.75) is 26.8 Å². The van der Waals surface area contributed by atoms with E-state index < -0.39 is 11.2 Å². The molecule has 1 saturated heterocycles. The molecule has 8 nitrogen and oxygen atoms in total. The Morgan fingerprint density at radius 3 is 2.54 bits per heavy atom. The minimum atomic E-state index is -0.448.